The maximum atomic E-state index is 12.7. The molecule has 1 aromatic rings. The molecule has 1 heterocycles. The standard InChI is InChI=1S/C16H20ClN3O3/c1-18-11-7-19-20(14(21)13(11)17)16-5-8-2-9(6-16)4-10(3-8)12(16)15(22)23/h7-10,12,18H,2-6H2,1H3,(H,22,23)/p-1/t8-,9+,10?,12-,16?/m0/s1. The third kappa shape index (κ3) is 1.97. The van der Waals surface area contributed by atoms with Gasteiger partial charge in [-0.2, -0.15) is 5.10 Å². The minimum absolute atomic E-state index is 0.0651. The van der Waals surface area contributed by atoms with Gasteiger partial charge in [0.1, 0.15) is 5.02 Å². The number of aliphatic carboxylic acids is 1. The summed E-state index contributed by atoms with van der Waals surface area (Å²) in [6.07, 6.45) is 5.85. The molecule has 5 atom stereocenters. The summed E-state index contributed by atoms with van der Waals surface area (Å²) in [5.74, 6) is -0.685. The summed E-state index contributed by atoms with van der Waals surface area (Å²) >= 11 is 6.17. The van der Waals surface area contributed by atoms with Crippen LogP contribution in [0, 0.1) is 23.7 Å². The van der Waals surface area contributed by atoms with E-state index in [9.17, 15) is 14.7 Å². The number of rotatable bonds is 3. The zero-order valence-corrected chi connectivity index (χ0v) is 13.7. The van der Waals surface area contributed by atoms with E-state index in [4.69, 9.17) is 11.6 Å². The van der Waals surface area contributed by atoms with Crippen molar-refractivity contribution in [2.24, 2.45) is 23.7 Å². The molecule has 0 spiro atoms. The molecule has 1 N–H and O–H groups in total. The molecule has 0 saturated heterocycles. The summed E-state index contributed by atoms with van der Waals surface area (Å²) in [6.45, 7) is 0. The normalized spacial score (nSPS) is 37.8. The largest absolute Gasteiger partial charge is 0.550 e. The van der Waals surface area contributed by atoms with Gasteiger partial charge in [0.15, 0.2) is 0 Å². The molecule has 4 aliphatic carbocycles. The predicted octanol–water partition coefficient (Wildman–Crippen LogP) is 0.840. The van der Waals surface area contributed by atoms with Crippen LogP contribution in [-0.4, -0.2) is 22.8 Å². The Balaban J connectivity index is 1.90. The van der Waals surface area contributed by atoms with Crippen LogP contribution in [0.2, 0.25) is 5.02 Å². The van der Waals surface area contributed by atoms with Crippen LogP contribution in [0.1, 0.15) is 32.1 Å². The third-order valence-corrected chi connectivity index (χ3v) is 6.50. The molecule has 1 aromatic heterocycles. The molecule has 0 aliphatic heterocycles. The van der Waals surface area contributed by atoms with Gasteiger partial charge in [0.2, 0.25) is 0 Å². The quantitative estimate of drug-likeness (QED) is 0.883. The number of aromatic nitrogens is 2. The van der Waals surface area contributed by atoms with E-state index in [1.165, 1.54) is 10.9 Å². The van der Waals surface area contributed by atoms with Crippen molar-refractivity contribution in [2.45, 2.75) is 37.6 Å². The van der Waals surface area contributed by atoms with Crippen molar-refractivity contribution in [1.82, 2.24) is 9.78 Å². The van der Waals surface area contributed by atoms with Gasteiger partial charge >= 0.3 is 0 Å². The third-order valence-electron chi connectivity index (χ3n) is 6.14. The van der Waals surface area contributed by atoms with Crippen molar-refractivity contribution < 1.29 is 9.90 Å². The fraction of sp³-hybridized carbons (Fsp3) is 0.688. The van der Waals surface area contributed by atoms with Gasteiger partial charge in [-0.05, 0) is 49.9 Å². The van der Waals surface area contributed by atoms with Gasteiger partial charge < -0.3 is 15.2 Å². The van der Waals surface area contributed by atoms with Crippen LogP contribution in [0.3, 0.4) is 0 Å². The number of hydrogen-bond donors (Lipinski definition) is 1. The molecule has 7 heteroatoms. The van der Waals surface area contributed by atoms with Crippen molar-refractivity contribution in [1.29, 1.82) is 0 Å². The molecule has 124 valence electrons. The van der Waals surface area contributed by atoms with Crippen LogP contribution >= 0.6 is 11.6 Å². The molecule has 2 unspecified atom stereocenters. The molecular weight excluding hydrogens is 318 g/mol. The van der Waals surface area contributed by atoms with E-state index in [0.29, 0.717) is 30.4 Å². The van der Waals surface area contributed by atoms with Gasteiger partial charge in [-0.15, -0.1) is 0 Å². The Morgan fingerprint density at radius 2 is 2.04 bits per heavy atom. The number of carboxylic acids is 1. The molecule has 4 fully saturated rings. The fourth-order valence-electron chi connectivity index (χ4n) is 5.64. The Morgan fingerprint density at radius 3 is 2.61 bits per heavy atom. The second kappa shape index (κ2) is 4.97. The number of carbonyl (C=O) groups excluding carboxylic acids is 1. The summed E-state index contributed by atoms with van der Waals surface area (Å²) in [4.78, 5) is 24.6. The highest BCUT2D eigenvalue weighted by Crippen LogP contribution is 2.61. The minimum atomic E-state index is -1.06. The highest BCUT2D eigenvalue weighted by molar-refractivity contribution is 6.32. The number of nitrogens with zero attached hydrogens (tertiary/aromatic N) is 2. The lowest BCUT2D eigenvalue weighted by atomic mass is 9.48. The Labute approximate surface area is 138 Å². The van der Waals surface area contributed by atoms with Gasteiger partial charge in [0.05, 0.1) is 17.4 Å². The van der Waals surface area contributed by atoms with Crippen LogP contribution in [0.15, 0.2) is 11.0 Å². The molecule has 0 aromatic carbocycles. The van der Waals surface area contributed by atoms with E-state index in [1.54, 1.807) is 7.05 Å². The Morgan fingerprint density at radius 1 is 1.39 bits per heavy atom. The van der Waals surface area contributed by atoms with Crippen molar-refractivity contribution in [3.63, 3.8) is 0 Å². The van der Waals surface area contributed by atoms with Gasteiger partial charge in [-0.25, -0.2) is 4.68 Å². The summed E-state index contributed by atoms with van der Waals surface area (Å²) in [5, 5.41) is 19.1. The number of nitrogens with one attached hydrogen (secondary N) is 1. The van der Waals surface area contributed by atoms with Crippen LogP contribution in [0.25, 0.3) is 0 Å². The Hall–Kier alpha value is -1.56. The summed E-state index contributed by atoms with van der Waals surface area (Å²) in [6, 6.07) is 0. The second-order valence-corrected chi connectivity index (χ2v) is 7.72. The second-order valence-electron chi connectivity index (χ2n) is 7.35. The smallest absolute Gasteiger partial charge is 0.288 e. The molecule has 0 radical (unpaired) electrons. The first-order valence-electron chi connectivity index (χ1n) is 8.13. The maximum absolute atomic E-state index is 12.7. The molecule has 5 rings (SSSR count). The average Bonchev–Trinajstić information content (AvgIpc) is 2.48. The number of halogens is 1. The van der Waals surface area contributed by atoms with E-state index < -0.39 is 23.0 Å². The Bertz CT molecular complexity index is 718. The van der Waals surface area contributed by atoms with Crippen LogP contribution in [-0.2, 0) is 10.3 Å². The lowest BCUT2D eigenvalue weighted by Gasteiger charge is -2.61. The van der Waals surface area contributed by atoms with Gasteiger partial charge in [0, 0.05) is 18.9 Å². The molecule has 4 aliphatic rings. The number of carbonyl (C=O) groups is 1. The van der Waals surface area contributed by atoms with Crippen molar-refractivity contribution >= 4 is 23.3 Å². The van der Waals surface area contributed by atoms with Gasteiger partial charge in [0.25, 0.3) is 5.56 Å². The lowest BCUT2D eigenvalue weighted by Crippen LogP contribution is -2.65. The van der Waals surface area contributed by atoms with E-state index in [2.05, 4.69) is 10.4 Å². The maximum Gasteiger partial charge on any atom is 0.288 e. The minimum Gasteiger partial charge on any atom is -0.550 e. The van der Waals surface area contributed by atoms with Crippen LogP contribution < -0.4 is 16.0 Å². The first-order valence-corrected chi connectivity index (χ1v) is 8.51. The monoisotopic (exact) mass is 336 g/mol. The first kappa shape index (κ1) is 15.0. The highest BCUT2D eigenvalue weighted by atomic mass is 35.5. The first-order chi connectivity index (χ1) is 11.0. The average molecular weight is 337 g/mol. The van der Waals surface area contributed by atoms with E-state index in [0.717, 1.165) is 19.3 Å². The van der Waals surface area contributed by atoms with Crippen molar-refractivity contribution in [3.05, 3.63) is 21.6 Å². The number of anilines is 1. The number of hydrogen-bond acceptors (Lipinski definition) is 5. The molecule has 6 nitrogen and oxygen atoms in total. The van der Waals surface area contributed by atoms with E-state index in [1.807, 2.05) is 0 Å². The van der Waals surface area contributed by atoms with E-state index >= 15 is 0 Å². The van der Waals surface area contributed by atoms with Crippen LogP contribution in [0.4, 0.5) is 5.69 Å². The zero-order valence-electron chi connectivity index (χ0n) is 12.9. The SMILES string of the molecule is CNc1cnn(C23C[C@@H]4CC(C[C@@H](C4)C2)[C@H]3C(=O)[O-])c(=O)c1Cl. The number of carboxylic acid groups (broad SMARTS) is 1. The van der Waals surface area contributed by atoms with Gasteiger partial charge in [-0.1, -0.05) is 11.6 Å². The van der Waals surface area contributed by atoms with Gasteiger partial charge in [-0.3, -0.25) is 4.79 Å². The molecule has 4 bridgehead atoms. The highest BCUT2D eigenvalue weighted by Gasteiger charge is 2.59. The molecule has 4 saturated carbocycles. The topological polar surface area (TPSA) is 87.1 Å². The Kier molecular flexibility index (Phi) is 3.24. The summed E-state index contributed by atoms with van der Waals surface area (Å²) in [5.41, 5.74) is -0.727. The fourth-order valence-corrected chi connectivity index (χ4v) is 5.86. The molecule has 23 heavy (non-hydrogen) atoms. The van der Waals surface area contributed by atoms with Crippen LogP contribution in [0.5, 0.6) is 0 Å². The van der Waals surface area contributed by atoms with Crippen molar-refractivity contribution in [3.8, 4) is 0 Å². The van der Waals surface area contributed by atoms with Crippen molar-refractivity contribution in [2.75, 3.05) is 12.4 Å². The summed E-state index contributed by atoms with van der Waals surface area (Å²) in [7, 11) is 1.67. The molecular formula is C16H19ClN3O3-. The lowest BCUT2D eigenvalue weighted by molar-refractivity contribution is -0.323. The zero-order chi connectivity index (χ0) is 16.4. The summed E-state index contributed by atoms with van der Waals surface area (Å²) < 4.78 is 1.36. The molecule has 0 amide bonds. The van der Waals surface area contributed by atoms with E-state index in [-0.39, 0.29) is 10.9 Å². The predicted molar refractivity (Wildman–Crippen MR) is 83.1 cm³/mol.